The molecule has 0 aliphatic rings. The van der Waals surface area contributed by atoms with Crippen LogP contribution in [0, 0.1) is 6.92 Å². The lowest BCUT2D eigenvalue weighted by Crippen LogP contribution is -2.11. The number of hydrogen-bond acceptors (Lipinski definition) is 7. The zero-order chi connectivity index (χ0) is 16.9. The van der Waals surface area contributed by atoms with E-state index in [0.29, 0.717) is 28.8 Å². The van der Waals surface area contributed by atoms with E-state index >= 15 is 0 Å². The molecule has 8 nitrogen and oxygen atoms in total. The zero-order valence-electron chi connectivity index (χ0n) is 13.3. The highest BCUT2D eigenvalue weighted by Crippen LogP contribution is 2.17. The van der Waals surface area contributed by atoms with E-state index in [1.54, 1.807) is 28.9 Å². The molecule has 2 heterocycles. The summed E-state index contributed by atoms with van der Waals surface area (Å²) < 4.78 is 7.31. The predicted octanol–water partition coefficient (Wildman–Crippen LogP) is 2.29. The second-order valence-electron chi connectivity index (χ2n) is 4.97. The van der Waals surface area contributed by atoms with Gasteiger partial charge in [-0.3, -0.25) is 10.1 Å². The number of tetrazole rings is 1. The van der Waals surface area contributed by atoms with Crippen molar-refractivity contribution in [3.05, 3.63) is 46.7 Å². The summed E-state index contributed by atoms with van der Waals surface area (Å²) in [5.41, 5.74) is 1.42. The van der Waals surface area contributed by atoms with Gasteiger partial charge in [-0.05, 0) is 48.5 Å². The third kappa shape index (κ3) is 3.74. The smallest absolute Gasteiger partial charge is 0.257 e. The number of ether oxygens (including phenoxy) is 1. The molecule has 0 fully saturated rings. The van der Waals surface area contributed by atoms with Gasteiger partial charge < -0.3 is 4.74 Å². The first kappa shape index (κ1) is 16.1. The molecule has 0 spiro atoms. The van der Waals surface area contributed by atoms with Gasteiger partial charge in [-0.1, -0.05) is 0 Å². The largest absolute Gasteiger partial charge is 0.486 e. The predicted molar refractivity (Wildman–Crippen MR) is 89.1 cm³/mol. The maximum atomic E-state index is 12.1. The quantitative estimate of drug-likeness (QED) is 0.737. The molecule has 0 bridgehead atoms. The Bertz CT molecular complexity index is 827. The Balaban J connectivity index is 1.59. The Morgan fingerprint density at radius 3 is 2.79 bits per heavy atom. The summed E-state index contributed by atoms with van der Waals surface area (Å²) in [5, 5.41) is 16.6. The second kappa shape index (κ2) is 7.18. The highest BCUT2D eigenvalue weighted by Gasteiger charge is 2.09. The Morgan fingerprint density at radius 1 is 1.33 bits per heavy atom. The molecular weight excluding hydrogens is 328 g/mol. The topological polar surface area (TPSA) is 94.8 Å². The number of aromatic nitrogens is 5. The maximum Gasteiger partial charge on any atom is 0.257 e. The molecule has 0 unspecified atom stereocenters. The van der Waals surface area contributed by atoms with Crippen molar-refractivity contribution in [2.45, 2.75) is 27.0 Å². The van der Waals surface area contributed by atoms with E-state index in [2.05, 4.69) is 25.8 Å². The summed E-state index contributed by atoms with van der Waals surface area (Å²) >= 11 is 1.40. The van der Waals surface area contributed by atoms with Crippen LogP contribution in [0.4, 0.5) is 5.13 Å². The van der Waals surface area contributed by atoms with Crippen molar-refractivity contribution < 1.29 is 9.53 Å². The first-order chi connectivity index (χ1) is 11.7. The summed E-state index contributed by atoms with van der Waals surface area (Å²) in [5.74, 6) is 1.09. The highest BCUT2D eigenvalue weighted by molar-refractivity contribution is 7.13. The summed E-state index contributed by atoms with van der Waals surface area (Å²) in [6.45, 7) is 4.79. The van der Waals surface area contributed by atoms with E-state index in [4.69, 9.17) is 4.74 Å². The summed E-state index contributed by atoms with van der Waals surface area (Å²) in [4.78, 5) is 16.4. The first-order valence-electron chi connectivity index (χ1n) is 7.37. The van der Waals surface area contributed by atoms with Gasteiger partial charge in [0, 0.05) is 17.5 Å². The molecule has 1 amide bonds. The van der Waals surface area contributed by atoms with Crippen LogP contribution in [0.2, 0.25) is 0 Å². The van der Waals surface area contributed by atoms with E-state index in [0.717, 1.165) is 5.69 Å². The van der Waals surface area contributed by atoms with Gasteiger partial charge >= 0.3 is 0 Å². The molecule has 3 rings (SSSR count). The van der Waals surface area contributed by atoms with Crippen molar-refractivity contribution in [3.8, 4) is 5.75 Å². The molecule has 2 aromatic heterocycles. The van der Waals surface area contributed by atoms with Crippen LogP contribution in [0.3, 0.4) is 0 Å². The van der Waals surface area contributed by atoms with Crippen molar-refractivity contribution in [1.82, 2.24) is 25.2 Å². The molecule has 0 aliphatic carbocycles. The van der Waals surface area contributed by atoms with Gasteiger partial charge in [-0.2, -0.15) is 0 Å². The number of aryl methyl sites for hydroxylation is 2. The van der Waals surface area contributed by atoms with Gasteiger partial charge in [-0.25, -0.2) is 9.67 Å². The minimum atomic E-state index is -0.203. The van der Waals surface area contributed by atoms with Crippen LogP contribution in [-0.4, -0.2) is 31.1 Å². The number of nitrogens with one attached hydrogen (secondary N) is 1. The second-order valence-corrected chi connectivity index (χ2v) is 5.83. The molecule has 3 aromatic rings. The number of hydrogen-bond donors (Lipinski definition) is 1. The van der Waals surface area contributed by atoms with Crippen LogP contribution in [0.5, 0.6) is 5.75 Å². The highest BCUT2D eigenvalue weighted by atomic mass is 32.1. The third-order valence-corrected chi connectivity index (χ3v) is 4.11. The van der Waals surface area contributed by atoms with E-state index in [-0.39, 0.29) is 12.5 Å². The fraction of sp³-hybridized carbons (Fsp3) is 0.267. The molecule has 0 saturated heterocycles. The summed E-state index contributed by atoms with van der Waals surface area (Å²) in [6.07, 6.45) is 0. The molecule has 24 heavy (non-hydrogen) atoms. The molecule has 0 saturated carbocycles. The number of amides is 1. The molecule has 0 atom stereocenters. The minimum Gasteiger partial charge on any atom is -0.486 e. The Morgan fingerprint density at radius 2 is 2.12 bits per heavy atom. The Labute approximate surface area is 142 Å². The van der Waals surface area contributed by atoms with E-state index < -0.39 is 0 Å². The molecule has 0 radical (unpaired) electrons. The first-order valence-corrected chi connectivity index (χ1v) is 8.25. The van der Waals surface area contributed by atoms with Crippen LogP contribution >= 0.6 is 11.3 Å². The Kier molecular flexibility index (Phi) is 4.80. The van der Waals surface area contributed by atoms with Crippen molar-refractivity contribution in [3.63, 3.8) is 0 Å². The lowest BCUT2D eigenvalue weighted by atomic mass is 10.2. The van der Waals surface area contributed by atoms with Gasteiger partial charge in [0.25, 0.3) is 5.91 Å². The minimum absolute atomic E-state index is 0.203. The zero-order valence-corrected chi connectivity index (χ0v) is 14.1. The average molecular weight is 344 g/mol. The van der Waals surface area contributed by atoms with Crippen LogP contribution in [0.15, 0.2) is 29.6 Å². The number of rotatable bonds is 6. The van der Waals surface area contributed by atoms with E-state index in [9.17, 15) is 4.79 Å². The Hall–Kier alpha value is -2.81. The number of carbonyl (C=O) groups excluding carboxylic acids is 1. The van der Waals surface area contributed by atoms with E-state index in [1.165, 1.54) is 11.3 Å². The van der Waals surface area contributed by atoms with Crippen LogP contribution in [0.1, 0.15) is 28.8 Å². The third-order valence-electron chi connectivity index (χ3n) is 3.23. The summed E-state index contributed by atoms with van der Waals surface area (Å²) in [6, 6.07) is 6.88. The fourth-order valence-electron chi connectivity index (χ4n) is 2.00. The molecule has 9 heteroatoms. The van der Waals surface area contributed by atoms with Crippen LogP contribution in [-0.2, 0) is 13.2 Å². The van der Waals surface area contributed by atoms with Gasteiger partial charge in [0.05, 0.1) is 5.69 Å². The van der Waals surface area contributed by atoms with Crippen molar-refractivity contribution in [2.24, 2.45) is 0 Å². The van der Waals surface area contributed by atoms with Crippen LogP contribution in [0.25, 0.3) is 0 Å². The monoisotopic (exact) mass is 344 g/mol. The average Bonchev–Trinajstić information content (AvgIpc) is 3.21. The number of benzene rings is 1. The lowest BCUT2D eigenvalue weighted by molar-refractivity contribution is 0.102. The number of nitrogens with zero attached hydrogens (tertiary/aromatic N) is 5. The SMILES string of the molecule is CCn1nnnc1COc1ccc(C(=O)Nc2nc(C)cs2)cc1. The number of carbonyl (C=O) groups is 1. The molecular formula is C15H16N6O2S. The number of thiazole rings is 1. The molecule has 1 N–H and O–H groups in total. The van der Waals surface area contributed by atoms with Gasteiger partial charge in [0.15, 0.2) is 11.0 Å². The van der Waals surface area contributed by atoms with E-state index in [1.807, 2.05) is 19.2 Å². The van der Waals surface area contributed by atoms with Crippen LogP contribution < -0.4 is 10.1 Å². The van der Waals surface area contributed by atoms with Crippen molar-refractivity contribution >= 4 is 22.4 Å². The van der Waals surface area contributed by atoms with Gasteiger partial charge in [0.2, 0.25) is 0 Å². The normalized spacial score (nSPS) is 10.6. The number of anilines is 1. The molecule has 1 aromatic carbocycles. The molecule has 124 valence electrons. The lowest BCUT2D eigenvalue weighted by Gasteiger charge is -2.07. The fourth-order valence-corrected chi connectivity index (χ4v) is 2.69. The molecule has 0 aliphatic heterocycles. The van der Waals surface area contributed by atoms with Crippen molar-refractivity contribution in [2.75, 3.05) is 5.32 Å². The van der Waals surface area contributed by atoms with Gasteiger partial charge in [0.1, 0.15) is 12.4 Å². The van der Waals surface area contributed by atoms with Gasteiger partial charge in [-0.15, -0.1) is 16.4 Å². The van der Waals surface area contributed by atoms with Crippen molar-refractivity contribution in [1.29, 1.82) is 0 Å². The maximum absolute atomic E-state index is 12.1. The standard InChI is InChI=1S/C15H16N6O2S/c1-3-21-13(18-19-20-21)8-23-12-6-4-11(5-7-12)14(22)17-15-16-10(2)9-24-15/h4-7,9H,3,8H2,1-2H3,(H,16,17,22). The summed E-state index contributed by atoms with van der Waals surface area (Å²) in [7, 11) is 0.